The molecule has 0 aliphatic heterocycles. The third-order valence-corrected chi connectivity index (χ3v) is 5.19. The van der Waals surface area contributed by atoms with Gasteiger partial charge in [0, 0.05) is 29.9 Å². The van der Waals surface area contributed by atoms with Crippen molar-refractivity contribution in [3.8, 4) is 28.0 Å². The molecule has 0 radical (unpaired) electrons. The van der Waals surface area contributed by atoms with Crippen molar-refractivity contribution in [1.82, 2.24) is 0 Å². The van der Waals surface area contributed by atoms with E-state index in [2.05, 4.69) is 55.1 Å². The van der Waals surface area contributed by atoms with Gasteiger partial charge < -0.3 is 10.0 Å². The fourth-order valence-corrected chi connectivity index (χ4v) is 3.55. The normalized spacial score (nSPS) is 10.8. The maximum Gasteiger partial charge on any atom is 0.131 e. The first-order valence-corrected chi connectivity index (χ1v) is 10.5. The van der Waals surface area contributed by atoms with E-state index < -0.39 is 0 Å². The molecule has 0 amide bonds. The number of aromatic hydroxyl groups is 1. The van der Waals surface area contributed by atoms with Gasteiger partial charge in [0.15, 0.2) is 0 Å². The molecule has 0 aliphatic rings. The van der Waals surface area contributed by atoms with Crippen LogP contribution in [0.25, 0.3) is 22.3 Å². The molecule has 2 heteroatoms. The largest absolute Gasteiger partial charge is 0.507 e. The molecule has 0 saturated heterocycles. The summed E-state index contributed by atoms with van der Waals surface area (Å²) in [5.74, 6) is 0.354. The van der Waals surface area contributed by atoms with Gasteiger partial charge in [-0.2, -0.15) is 0 Å². The second-order valence-electron chi connectivity index (χ2n) is 7.32. The van der Waals surface area contributed by atoms with Crippen LogP contribution in [0.2, 0.25) is 0 Å². The summed E-state index contributed by atoms with van der Waals surface area (Å²) in [7, 11) is 0. The van der Waals surface area contributed by atoms with Crippen LogP contribution in [-0.4, -0.2) is 18.2 Å². The molecule has 0 aromatic heterocycles. The summed E-state index contributed by atoms with van der Waals surface area (Å²) >= 11 is 0. The second kappa shape index (κ2) is 9.98. The Morgan fingerprint density at radius 3 is 1.50 bits per heavy atom. The SMILES string of the molecule is CCCCN(CCCC)c1cc(-c2ccccc2)c(O)c(-c2ccccc2)c1. The molecular formula is C26H31NO. The highest BCUT2D eigenvalue weighted by Gasteiger charge is 2.16. The lowest BCUT2D eigenvalue weighted by Gasteiger charge is -2.27. The van der Waals surface area contributed by atoms with Gasteiger partial charge in [-0.3, -0.25) is 0 Å². The highest BCUT2D eigenvalue weighted by atomic mass is 16.3. The van der Waals surface area contributed by atoms with Crippen LogP contribution >= 0.6 is 0 Å². The molecule has 3 rings (SSSR count). The predicted molar refractivity (Wildman–Crippen MR) is 121 cm³/mol. The van der Waals surface area contributed by atoms with Crippen LogP contribution in [-0.2, 0) is 0 Å². The number of nitrogens with zero attached hydrogens (tertiary/aromatic N) is 1. The third kappa shape index (κ3) is 4.75. The van der Waals surface area contributed by atoms with E-state index in [4.69, 9.17) is 0 Å². The maximum absolute atomic E-state index is 11.1. The zero-order valence-electron chi connectivity index (χ0n) is 17.1. The number of phenolic OH excluding ortho intramolecular Hbond substituents is 1. The van der Waals surface area contributed by atoms with Crippen molar-refractivity contribution >= 4 is 5.69 Å². The topological polar surface area (TPSA) is 23.5 Å². The average molecular weight is 374 g/mol. The van der Waals surface area contributed by atoms with Crippen molar-refractivity contribution in [3.05, 3.63) is 72.8 Å². The Bertz CT molecular complexity index is 790. The number of phenols is 1. The predicted octanol–water partition coefficient (Wildman–Crippen LogP) is 7.13. The van der Waals surface area contributed by atoms with Crippen molar-refractivity contribution in [2.45, 2.75) is 39.5 Å². The molecule has 146 valence electrons. The Balaban J connectivity index is 2.13. The lowest BCUT2D eigenvalue weighted by molar-refractivity contribution is 0.479. The van der Waals surface area contributed by atoms with E-state index in [1.165, 1.54) is 31.4 Å². The Morgan fingerprint density at radius 1 is 0.679 bits per heavy atom. The van der Waals surface area contributed by atoms with Gasteiger partial charge in [0.1, 0.15) is 5.75 Å². The third-order valence-electron chi connectivity index (χ3n) is 5.19. The van der Waals surface area contributed by atoms with Crippen molar-refractivity contribution in [2.24, 2.45) is 0 Å². The lowest BCUT2D eigenvalue weighted by Crippen LogP contribution is -2.25. The summed E-state index contributed by atoms with van der Waals surface area (Å²) in [5.41, 5.74) is 5.08. The minimum absolute atomic E-state index is 0.354. The fourth-order valence-electron chi connectivity index (χ4n) is 3.55. The van der Waals surface area contributed by atoms with Crippen LogP contribution in [0.3, 0.4) is 0 Å². The van der Waals surface area contributed by atoms with E-state index in [-0.39, 0.29) is 0 Å². The van der Waals surface area contributed by atoms with Crippen LogP contribution in [0.5, 0.6) is 5.75 Å². The number of hydrogen-bond donors (Lipinski definition) is 1. The van der Waals surface area contributed by atoms with E-state index in [9.17, 15) is 5.11 Å². The highest BCUT2D eigenvalue weighted by molar-refractivity contribution is 5.86. The van der Waals surface area contributed by atoms with E-state index in [0.717, 1.165) is 35.3 Å². The first-order valence-electron chi connectivity index (χ1n) is 10.5. The molecular weight excluding hydrogens is 342 g/mol. The maximum atomic E-state index is 11.1. The van der Waals surface area contributed by atoms with Gasteiger partial charge >= 0.3 is 0 Å². The van der Waals surface area contributed by atoms with Crippen molar-refractivity contribution < 1.29 is 5.11 Å². The monoisotopic (exact) mass is 373 g/mol. The van der Waals surface area contributed by atoms with Crippen LogP contribution in [0, 0.1) is 0 Å². The standard InChI is InChI=1S/C26H31NO/c1-3-5-17-27(18-6-4-2)23-19-24(21-13-9-7-10-14-21)26(28)25(20-23)22-15-11-8-12-16-22/h7-16,19-20,28H,3-6,17-18H2,1-2H3. The number of hydrogen-bond acceptors (Lipinski definition) is 2. The second-order valence-corrected chi connectivity index (χ2v) is 7.32. The minimum Gasteiger partial charge on any atom is -0.507 e. The lowest BCUT2D eigenvalue weighted by atomic mass is 9.96. The molecule has 0 fully saturated rings. The van der Waals surface area contributed by atoms with Crippen molar-refractivity contribution in [2.75, 3.05) is 18.0 Å². The number of unbranched alkanes of at least 4 members (excludes halogenated alkanes) is 2. The van der Waals surface area contributed by atoms with E-state index in [1.54, 1.807) is 0 Å². The van der Waals surface area contributed by atoms with Crippen molar-refractivity contribution in [1.29, 1.82) is 0 Å². The summed E-state index contributed by atoms with van der Waals surface area (Å²) in [5, 5.41) is 11.1. The minimum atomic E-state index is 0.354. The molecule has 2 nitrogen and oxygen atoms in total. The van der Waals surface area contributed by atoms with Gasteiger partial charge in [0.25, 0.3) is 0 Å². The first kappa shape index (κ1) is 20.0. The average Bonchev–Trinajstić information content (AvgIpc) is 2.75. The Kier molecular flexibility index (Phi) is 7.13. The van der Waals surface area contributed by atoms with Crippen LogP contribution in [0.4, 0.5) is 5.69 Å². The molecule has 0 bridgehead atoms. The quantitative estimate of drug-likeness (QED) is 0.431. The number of anilines is 1. The summed E-state index contributed by atoms with van der Waals surface area (Å²) in [6.07, 6.45) is 4.70. The molecule has 0 atom stereocenters. The van der Waals surface area contributed by atoms with Crippen LogP contribution in [0.15, 0.2) is 72.8 Å². The summed E-state index contributed by atoms with van der Waals surface area (Å²) in [6.45, 7) is 6.56. The zero-order chi connectivity index (χ0) is 19.8. The molecule has 0 saturated carbocycles. The number of benzene rings is 3. The van der Waals surface area contributed by atoms with E-state index in [1.807, 2.05) is 36.4 Å². The van der Waals surface area contributed by atoms with Gasteiger partial charge in [0.2, 0.25) is 0 Å². The van der Waals surface area contributed by atoms with Gasteiger partial charge in [-0.05, 0) is 36.1 Å². The van der Waals surface area contributed by atoms with Gasteiger partial charge in [-0.25, -0.2) is 0 Å². The Hall–Kier alpha value is -2.74. The van der Waals surface area contributed by atoms with Crippen molar-refractivity contribution in [3.63, 3.8) is 0 Å². The first-order chi connectivity index (χ1) is 13.7. The van der Waals surface area contributed by atoms with Crippen LogP contribution in [0.1, 0.15) is 39.5 Å². The smallest absolute Gasteiger partial charge is 0.131 e. The summed E-state index contributed by atoms with van der Waals surface area (Å²) < 4.78 is 0. The molecule has 0 heterocycles. The Labute approximate surface area is 169 Å². The number of rotatable bonds is 9. The van der Waals surface area contributed by atoms with Gasteiger partial charge in [0.05, 0.1) is 0 Å². The van der Waals surface area contributed by atoms with E-state index >= 15 is 0 Å². The molecule has 1 N–H and O–H groups in total. The molecule has 0 aliphatic carbocycles. The molecule has 28 heavy (non-hydrogen) atoms. The van der Waals surface area contributed by atoms with Gasteiger partial charge in [-0.1, -0.05) is 87.4 Å². The molecule has 3 aromatic carbocycles. The molecule has 3 aromatic rings. The van der Waals surface area contributed by atoms with E-state index in [0.29, 0.717) is 5.75 Å². The highest BCUT2D eigenvalue weighted by Crippen LogP contribution is 2.41. The van der Waals surface area contributed by atoms with Crippen LogP contribution < -0.4 is 4.90 Å². The summed E-state index contributed by atoms with van der Waals surface area (Å²) in [4.78, 5) is 2.48. The Morgan fingerprint density at radius 2 is 1.11 bits per heavy atom. The zero-order valence-corrected chi connectivity index (χ0v) is 17.1. The summed E-state index contributed by atoms with van der Waals surface area (Å²) in [6, 6.07) is 24.7. The van der Waals surface area contributed by atoms with Gasteiger partial charge in [-0.15, -0.1) is 0 Å². The molecule has 0 spiro atoms. The molecule has 0 unspecified atom stereocenters. The fraction of sp³-hybridized carbons (Fsp3) is 0.308.